The highest BCUT2D eigenvalue weighted by Gasteiger charge is 2.28. The molecule has 0 spiro atoms. The lowest BCUT2D eigenvalue weighted by Gasteiger charge is -2.31. The molecule has 3 amide bonds. The largest absolute Gasteiger partial charge is 0.352 e. The number of carbonyl (C=O) groups excluding carboxylic acids is 3. The van der Waals surface area contributed by atoms with Gasteiger partial charge in [-0.1, -0.05) is 30.7 Å². The van der Waals surface area contributed by atoms with Gasteiger partial charge in [0.2, 0.25) is 5.91 Å². The molecule has 1 heterocycles. The molecule has 0 saturated carbocycles. The van der Waals surface area contributed by atoms with E-state index in [1.807, 2.05) is 6.92 Å². The zero-order chi connectivity index (χ0) is 21.5. The number of anilines is 1. The SMILES string of the molecule is CCCNC(=O)c1ccccc1NC(=O)C1CCN(C(=O)c2ccc(Cl)cc2)CC1. The zero-order valence-corrected chi connectivity index (χ0v) is 17.7. The lowest BCUT2D eigenvalue weighted by Crippen LogP contribution is -2.41. The molecule has 0 aliphatic carbocycles. The standard InChI is InChI=1S/C23H26ClN3O3/c1-2-13-25-22(29)19-5-3-4-6-20(19)26-21(28)16-11-14-27(15-12-16)23(30)17-7-9-18(24)10-8-17/h3-10,16H,2,11-15H2,1H3,(H,25,29)(H,26,28). The van der Waals surface area contributed by atoms with Crippen LogP contribution >= 0.6 is 11.6 Å². The predicted molar refractivity (Wildman–Crippen MR) is 118 cm³/mol. The first-order valence-electron chi connectivity index (χ1n) is 10.2. The van der Waals surface area contributed by atoms with Gasteiger partial charge in [0, 0.05) is 36.1 Å². The van der Waals surface area contributed by atoms with Crippen LogP contribution in [0.4, 0.5) is 5.69 Å². The van der Waals surface area contributed by atoms with Gasteiger partial charge in [0.15, 0.2) is 0 Å². The maximum Gasteiger partial charge on any atom is 0.253 e. The van der Waals surface area contributed by atoms with E-state index in [0.29, 0.717) is 54.3 Å². The minimum absolute atomic E-state index is 0.0523. The summed E-state index contributed by atoms with van der Waals surface area (Å²) in [5.74, 6) is -0.574. The Morgan fingerprint density at radius 3 is 2.37 bits per heavy atom. The fourth-order valence-electron chi connectivity index (χ4n) is 3.48. The first-order chi connectivity index (χ1) is 14.5. The van der Waals surface area contributed by atoms with E-state index in [1.165, 1.54) is 0 Å². The Morgan fingerprint density at radius 1 is 1.03 bits per heavy atom. The molecule has 0 aromatic heterocycles. The lowest BCUT2D eigenvalue weighted by atomic mass is 9.95. The zero-order valence-electron chi connectivity index (χ0n) is 17.0. The highest BCUT2D eigenvalue weighted by Crippen LogP contribution is 2.23. The maximum atomic E-state index is 12.8. The Labute approximate surface area is 181 Å². The minimum atomic E-state index is -0.203. The van der Waals surface area contributed by atoms with Crippen LogP contribution < -0.4 is 10.6 Å². The highest BCUT2D eigenvalue weighted by molar-refractivity contribution is 6.30. The number of piperidine rings is 1. The van der Waals surface area contributed by atoms with Gasteiger partial charge in [-0.3, -0.25) is 14.4 Å². The van der Waals surface area contributed by atoms with Gasteiger partial charge in [-0.25, -0.2) is 0 Å². The monoisotopic (exact) mass is 427 g/mol. The second-order valence-corrected chi connectivity index (χ2v) is 7.80. The van der Waals surface area contributed by atoms with E-state index in [1.54, 1.807) is 53.4 Å². The van der Waals surface area contributed by atoms with E-state index in [9.17, 15) is 14.4 Å². The number of hydrogen-bond donors (Lipinski definition) is 2. The number of para-hydroxylation sites is 1. The van der Waals surface area contributed by atoms with Crippen LogP contribution in [0.15, 0.2) is 48.5 Å². The maximum absolute atomic E-state index is 12.8. The normalized spacial score (nSPS) is 14.3. The molecule has 1 fully saturated rings. The van der Waals surface area contributed by atoms with Crippen molar-refractivity contribution in [2.45, 2.75) is 26.2 Å². The number of hydrogen-bond acceptors (Lipinski definition) is 3. The van der Waals surface area contributed by atoms with Crippen molar-refractivity contribution < 1.29 is 14.4 Å². The number of carbonyl (C=O) groups is 3. The number of nitrogens with one attached hydrogen (secondary N) is 2. The molecule has 7 heteroatoms. The fraction of sp³-hybridized carbons (Fsp3) is 0.348. The summed E-state index contributed by atoms with van der Waals surface area (Å²) in [6, 6.07) is 13.8. The van der Waals surface area contributed by atoms with Crippen molar-refractivity contribution in [3.8, 4) is 0 Å². The van der Waals surface area contributed by atoms with Crippen molar-refractivity contribution in [2.24, 2.45) is 5.92 Å². The number of halogens is 1. The van der Waals surface area contributed by atoms with Gasteiger partial charge < -0.3 is 15.5 Å². The minimum Gasteiger partial charge on any atom is -0.352 e. The smallest absolute Gasteiger partial charge is 0.253 e. The Kier molecular flexibility index (Phi) is 7.46. The van der Waals surface area contributed by atoms with E-state index in [2.05, 4.69) is 10.6 Å². The Bertz CT molecular complexity index is 906. The van der Waals surface area contributed by atoms with Gasteiger partial charge in [0.1, 0.15) is 0 Å². The first kappa shape index (κ1) is 21.8. The van der Waals surface area contributed by atoms with Crippen molar-refractivity contribution in [3.05, 3.63) is 64.7 Å². The second kappa shape index (κ2) is 10.3. The Hall–Kier alpha value is -2.86. The van der Waals surface area contributed by atoms with Crippen LogP contribution in [-0.2, 0) is 4.79 Å². The van der Waals surface area contributed by atoms with Gasteiger partial charge in [-0.05, 0) is 55.7 Å². The predicted octanol–water partition coefficient (Wildman–Crippen LogP) is 3.97. The van der Waals surface area contributed by atoms with Crippen LogP contribution in [0, 0.1) is 5.92 Å². The van der Waals surface area contributed by atoms with E-state index in [0.717, 1.165) is 6.42 Å². The van der Waals surface area contributed by atoms with Crippen LogP contribution in [0.2, 0.25) is 5.02 Å². The fourth-order valence-corrected chi connectivity index (χ4v) is 3.60. The lowest BCUT2D eigenvalue weighted by molar-refractivity contribution is -0.121. The molecule has 2 aromatic rings. The summed E-state index contributed by atoms with van der Waals surface area (Å²) < 4.78 is 0. The molecule has 30 heavy (non-hydrogen) atoms. The topological polar surface area (TPSA) is 78.5 Å². The summed E-state index contributed by atoms with van der Waals surface area (Å²) in [7, 11) is 0. The molecular formula is C23H26ClN3O3. The molecule has 0 atom stereocenters. The Morgan fingerprint density at radius 2 is 1.70 bits per heavy atom. The molecule has 0 bridgehead atoms. The van der Waals surface area contributed by atoms with Gasteiger partial charge in [0.25, 0.3) is 11.8 Å². The molecule has 2 N–H and O–H groups in total. The van der Waals surface area contributed by atoms with Crippen molar-refractivity contribution in [1.29, 1.82) is 0 Å². The van der Waals surface area contributed by atoms with E-state index >= 15 is 0 Å². The van der Waals surface area contributed by atoms with Crippen molar-refractivity contribution in [3.63, 3.8) is 0 Å². The van der Waals surface area contributed by atoms with Crippen LogP contribution in [-0.4, -0.2) is 42.3 Å². The van der Waals surface area contributed by atoms with Gasteiger partial charge in [-0.15, -0.1) is 0 Å². The molecule has 3 rings (SSSR count). The molecule has 0 radical (unpaired) electrons. The van der Waals surface area contributed by atoms with E-state index in [-0.39, 0.29) is 23.6 Å². The first-order valence-corrected chi connectivity index (χ1v) is 10.6. The van der Waals surface area contributed by atoms with Crippen LogP contribution in [0.5, 0.6) is 0 Å². The molecule has 1 aliphatic rings. The molecule has 158 valence electrons. The third-order valence-corrected chi connectivity index (χ3v) is 5.46. The summed E-state index contributed by atoms with van der Waals surface area (Å²) in [6.07, 6.45) is 2.00. The van der Waals surface area contributed by atoms with E-state index in [4.69, 9.17) is 11.6 Å². The molecule has 6 nitrogen and oxygen atoms in total. The second-order valence-electron chi connectivity index (χ2n) is 7.36. The quantitative estimate of drug-likeness (QED) is 0.732. The summed E-state index contributed by atoms with van der Waals surface area (Å²) >= 11 is 5.88. The number of nitrogens with zero attached hydrogens (tertiary/aromatic N) is 1. The molecule has 0 unspecified atom stereocenters. The van der Waals surface area contributed by atoms with Gasteiger partial charge >= 0.3 is 0 Å². The average Bonchev–Trinajstić information content (AvgIpc) is 2.78. The molecule has 1 saturated heterocycles. The third-order valence-electron chi connectivity index (χ3n) is 5.21. The van der Waals surface area contributed by atoms with Gasteiger partial charge in [-0.2, -0.15) is 0 Å². The number of rotatable bonds is 6. The highest BCUT2D eigenvalue weighted by atomic mass is 35.5. The summed E-state index contributed by atoms with van der Waals surface area (Å²) in [6.45, 7) is 3.59. The number of likely N-dealkylation sites (tertiary alicyclic amines) is 1. The van der Waals surface area contributed by atoms with Crippen molar-refractivity contribution in [1.82, 2.24) is 10.2 Å². The average molecular weight is 428 g/mol. The summed E-state index contributed by atoms with van der Waals surface area (Å²) in [4.78, 5) is 39.5. The molecule has 2 aromatic carbocycles. The molecule has 1 aliphatic heterocycles. The number of benzene rings is 2. The van der Waals surface area contributed by atoms with Crippen LogP contribution in [0.1, 0.15) is 46.9 Å². The van der Waals surface area contributed by atoms with Crippen LogP contribution in [0.3, 0.4) is 0 Å². The van der Waals surface area contributed by atoms with Gasteiger partial charge in [0.05, 0.1) is 11.3 Å². The Balaban J connectivity index is 1.58. The van der Waals surface area contributed by atoms with Crippen molar-refractivity contribution in [2.75, 3.05) is 25.0 Å². The molecular weight excluding hydrogens is 402 g/mol. The third kappa shape index (κ3) is 5.39. The number of amides is 3. The summed E-state index contributed by atoms with van der Waals surface area (Å²) in [5.41, 5.74) is 1.56. The van der Waals surface area contributed by atoms with Crippen molar-refractivity contribution >= 4 is 35.0 Å². The summed E-state index contributed by atoms with van der Waals surface area (Å²) in [5, 5.41) is 6.33. The van der Waals surface area contributed by atoms with E-state index < -0.39 is 0 Å². The van der Waals surface area contributed by atoms with Crippen LogP contribution in [0.25, 0.3) is 0 Å².